The van der Waals surface area contributed by atoms with Crippen LogP contribution in [0, 0.1) is 12.7 Å². The van der Waals surface area contributed by atoms with Crippen molar-refractivity contribution < 1.29 is 4.39 Å². The van der Waals surface area contributed by atoms with Crippen LogP contribution < -0.4 is 5.32 Å². The molecule has 1 heterocycles. The molecule has 1 aromatic heterocycles. The van der Waals surface area contributed by atoms with E-state index in [1.807, 2.05) is 6.92 Å². The Morgan fingerprint density at radius 2 is 1.83 bits per heavy atom. The van der Waals surface area contributed by atoms with Crippen molar-refractivity contribution in [3.8, 4) is 0 Å². The van der Waals surface area contributed by atoms with Crippen LogP contribution in [-0.4, -0.2) is 0 Å². The molecule has 5 heteroatoms. The molecule has 0 bridgehead atoms. The molecule has 1 N–H and O–H groups in total. The summed E-state index contributed by atoms with van der Waals surface area (Å²) < 4.78 is 13.1. The molecule has 0 amide bonds. The van der Waals surface area contributed by atoms with E-state index in [2.05, 4.69) is 24.4 Å². The first kappa shape index (κ1) is 13.7. The van der Waals surface area contributed by atoms with Gasteiger partial charge in [0.05, 0.1) is 21.8 Å². The van der Waals surface area contributed by atoms with Gasteiger partial charge in [-0.3, -0.25) is 0 Å². The van der Waals surface area contributed by atoms with Crippen LogP contribution in [0.4, 0.5) is 10.1 Å². The van der Waals surface area contributed by atoms with Gasteiger partial charge in [0.25, 0.3) is 0 Å². The first-order valence-electron chi connectivity index (χ1n) is 5.45. The molecule has 0 spiro atoms. The molecule has 0 aliphatic heterocycles. The number of anilines is 1. The van der Waals surface area contributed by atoms with Crippen molar-refractivity contribution in [2.24, 2.45) is 0 Å². The van der Waals surface area contributed by atoms with Crippen molar-refractivity contribution in [1.29, 1.82) is 0 Å². The fourth-order valence-electron chi connectivity index (χ4n) is 1.65. The maximum absolute atomic E-state index is 13.1. The summed E-state index contributed by atoms with van der Waals surface area (Å²) in [4.78, 5) is 2.43. The lowest BCUT2D eigenvalue weighted by molar-refractivity contribution is 0.628. The molecule has 2 rings (SSSR count). The van der Waals surface area contributed by atoms with Crippen LogP contribution in [0.25, 0.3) is 0 Å². The van der Waals surface area contributed by atoms with E-state index >= 15 is 0 Å². The van der Waals surface area contributed by atoms with Gasteiger partial charge in [0.15, 0.2) is 0 Å². The van der Waals surface area contributed by atoms with E-state index in [-0.39, 0.29) is 6.04 Å². The molecule has 96 valence electrons. The summed E-state index contributed by atoms with van der Waals surface area (Å²) in [6.45, 7) is 4.07. The van der Waals surface area contributed by atoms with E-state index in [9.17, 15) is 4.39 Å². The summed E-state index contributed by atoms with van der Waals surface area (Å²) in [5.74, 6) is -0.435. The minimum absolute atomic E-state index is 0.0733. The van der Waals surface area contributed by atoms with Crippen molar-refractivity contribution in [2.75, 3.05) is 5.32 Å². The van der Waals surface area contributed by atoms with Gasteiger partial charge in [-0.1, -0.05) is 23.2 Å². The SMILES string of the molecule is Cc1ccc(C(C)Nc2c(Cl)cc(F)cc2Cl)s1. The van der Waals surface area contributed by atoms with Crippen LogP contribution in [0.5, 0.6) is 0 Å². The summed E-state index contributed by atoms with van der Waals surface area (Å²) in [5.41, 5.74) is 0.568. The Hall–Kier alpha value is -0.770. The number of aryl methyl sites for hydroxylation is 1. The predicted molar refractivity (Wildman–Crippen MR) is 77.5 cm³/mol. The zero-order chi connectivity index (χ0) is 13.3. The van der Waals surface area contributed by atoms with Crippen LogP contribution in [0.1, 0.15) is 22.7 Å². The average Bonchev–Trinajstić information content (AvgIpc) is 2.70. The molecule has 0 fully saturated rings. The van der Waals surface area contributed by atoms with Crippen LogP contribution in [0.2, 0.25) is 10.0 Å². The normalized spacial score (nSPS) is 12.5. The molecule has 18 heavy (non-hydrogen) atoms. The Morgan fingerprint density at radius 3 is 2.33 bits per heavy atom. The maximum atomic E-state index is 13.1. The third-order valence-corrected chi connectivity index (χ3v) is 4.34. The van der Waals surface area contributed by atoms with E-state index < -0.39 is 5.82 Å². The molecular weight excluding hydrogens is 292 g/mol. The minimum Gasteiger partial charge on any atom is -0.375 e. The third kappa shape index (κ3) is 2.97. The molecule has 0 aliphatic rings. The number of benzene rings is 1. The van der Waals surface area contributed by atoms with Gasteiger partial charge in [-0.2, -0.15) is 0 Å². The lowest BCUT2D eigenvalue weighted by Crippen LogP contribution is -2.06. The first-order chi connectivity index (χ1) is 8.47. The second-order valence-corrected chi connectivity index (χ2v) is 6.19. The average molecular weight is 304 g/mol. The predicted octanol–water partition coefficient (Wildman–Crippen LogP) is 5.68. The maximum Gasteiger partial charge on any atom is 0.126 e. The van der Waals surface area contributed by atoms with Crippen LogP contribution in [0.3, 0.4) is 0 Å². The fraction of sp³-hybridized carbons (Fsp3) is 0.231. The van der Waals surface area contributed by atoms with E-state index in [0.717, 1.165) is 0 Å². The molecule has 1 unspecified atom stereocenters. The van der Waals surface area contributed by atoms with Crippen molar-refractivity contribution >= 4 is 40.2 Å². The lowest BCUT2D eigenvalue weighted by Gasteiger charge is -2.16. The Labute approximate surface area is 120 Å². The molecule has 0 radical (unpaired) electrons. The highest BCUT2D eigenvalue weighted by molar-refractivity contribution is 7.12. The Kier molecular flexibility index (Phi) is 4.15. The van der Waals surface area contributed by atoms with Crippen molar-refractivity contribution in [3.63, 3.8) is 0 Å². The van der Waals surface area contributed by atoms with Crippen LogP contribution >= 0.6 is 34.5 Å². The highest BCUT2D eigenvalue weighted by Gasteiger charge is 2.13. The number of rotatable bonds is 3. The van der Waals surface area contributed by atoms with Gasteiger partial charge in [0.2, 0.25) is 0 Å². The Balaban J connectivity index is 2.24. The number of halogens is 3. The highest BCUT2D eigenvalue weighted by atomic mass is 35.5. The van der Waals surface area contributed by atoms with E-state index in [1.165, 1.54) is 21.9 Å². The largest absolute Gasteiger partial charge is 0.375 e. The number of nitrogens with one attached hydrogen (secondary N) is 1. The number of hydrogen-bond donors (Lipinski definition) is 1. The molecule has 0 aliphatic carbocycles. The monoisotopic (exact) mass is 303 g/mol. The van der Waals surface area contributed by atoms with Crippen molar-refractivity contribution in [2.45, 2.75) is 19.9 Å². The van der Waals surface area contributed by atoms with E-state index in [4.69, 9.17) is 23.2 Å². The van der Waals surface area contributed by atoms with Crippen LogP contribution in [0.15, 0.2) is 24.3 Å². The van der Waals surface area contributed by atoms with Gasteiger partial charge in [0.1, 0.15) is 5.82 Å². The second-order valence-electron chi connectivity index (χ2n) is 4.06. The Bertz CT molecular complexity index is 545. The minimum atomic E-state index is -0.435. The molecule has 0 saturated carbocycles. The lowest BCUT2D eigenvalue weighted by atomic mass is 10.2. The summed E-state index contributed by atoms with van der Waals surface area (Å²) in [6.07, 6.45) is 0. The van der Waals surface area contributed by atoms with Gasteiger partial charge in [-0.15, -0.1) is 11.3 Å². The molecule has 1 aromatic carbocycles. The fourth-order valence-corrected chi connectivity index (χ4v) is 3.10. The third-order valence-electron chi connectivity index (χ3n) is 2.56. The van der Waals surface area contributed by atoms with Gasteiger partial charge in [-0.05, 0) is 38.1 Å². The van der Waals surface area contributed by atoms with E-state index in [1.54, 1.807) is 11.3 Å². The zero-order valence-electron chi connectivity index (χ0n) is 9.93. The van der Waals surface area contributed by atoms with Gasteiger partial charge < -0.3 is 5.32 Å². The molecule has 1 nitrogen and oxygen atoms in total. The molecule has 0 saturated heterocycles. The zero-order valence-corrected chi connectivity index (χ0v) is 12.3. The van der Waals surface area contributed by atoms with Gasteiger partial charge in [-0.25, -0.2) is 4.39 Å². The highest BCUT2D eigenvalue weighted by Crippen LogP contribution is 2.35. The summed E-state index contributed by atoms with van der Waals surface area (Å²) in [7, 11) is 0. The number of hydrogen-bond acceptors (Lipinski definition) is 2. The Morgan fingerprint density at radius 1 is 1.22 bits per heavy atom. The smallest absolute Gasteiger partial charge is 0.126 e. The van der Waals surface area contributed by atoms with Crippen molar-refractivity contribution in [1.82, 2.24) is 0 Å². The molecule has 1 atom stereocenters. The summed E-state index contributed by atoms with van der Waals surface area (Å²) in [5, 5.41) is 3.80. The molecule has 2 aromatic rings. The van der Waals surface area contributed by atoms with Crippen LogP contribution in [-0.2, 0) is 0 Å². The number of thiophene rings is 1. The van der Waals surface area contributed by atoms with Gasteiger partial charge >= 0.3 is 0 Å². The summed E-state index contributed by atoms with van der Waals surface area (Å²) >= 11 is 13.7. The molecular formula is C13H12Cl2FNS. The first-order valence-corrected chi connectivity index (χ1v) is 7.02. The topological polar surface area (TPSA) is 12.0 Å². The van der Waals surface area contributed by atoms with Crippen molar-refractivity contribution in [3.05, 3.63) is 49.9 Å². The quantitative estimate of drug-likeness (QED) is 0.769. The van der Waals surface area contributed by atoms with Gasteiger partial charge in [0, 0.05) is 9.75 Å². The summed E-state index contributed by atoms with van der Waals surface area (Å²) in [6, 6.07) is 6.70. The second kappa shape index (κ2) is 5.47. The standard InChI is InChI=1S/C13H12Cl2FNS/c1-7-3-4-12(18-7)8(2)17-13-10(14)5-9(16)6-11(13)15/h3-6,8,17H,1-2H3. The van der Waals surface area contributed by atoms with E-state index in [0.29, 0.717) is 15.7 Å².